The second-order valence-electron chi connectivity index (χ2n) is 4.41. The lowest BCUT2D eigenvalue weighted by atomic mass is 10.1. The van der Waals surface area contributed by atoms with E-state index in [1.807, 2.05) is 0 Å². The van der Waals surface area contributed by atoms with Crippen LogP contribution in [0, 0.1) is 6.92 Å². The predicted octanol–water partition coefficient (Wildman–Crippen LogP) is 1.34. The van der Waals surface area contributed by atoms with Gasteiger partial charge in [-0.3, -0.25) is 14.6 Å². The molecule has 1 aromatic heterocycles. The van der Waals surface area contributed by atoms with Crippen LogP contribution in [0.2, 0.25) is 0 Å². The van der Waals surface area contributed by atoms with Crippen LogP contribution in [0.15, 0.2) is 35.1 Å². The molecular formula is C14H12N2O5. The zero-order chi connectivity index (χ0) is 15.6. The number of rotatable bonds is 3. The highest BCUT2D eigenvalue weighted by molar-refractivity contribution is 6.05. The number of carboxylic acids is 1. The minimum Gasteiger partial charge on any atom is -0.494 e. The van der Waals surface area contributed by atoms with E-state index < -0.39 is 23.3 Å². The normalized spacial score (nSPS) is 10.1. The Morgan fingerprint density at radius 1 is 1.14 bits per heavy atom. The second-order valence-corrected chi connectivity index (χ2v) is 4.41. The maximum absolute atomic E-state index is 12.0. The molecule has 2 rings (SSSR count). The van der Waals surface area contributed by atoms with E-state index in [0.717, 1.165) is 12.1 Å². The molecular weight excluding hydrogens is 276 g/mol. The number of aromatic amines is 1. The molecule has 0 radical (unpaired) electrons. The van der Waals surface area contributed by atoms with Crippen molar-refractivity contribution in [2.75, 3.05) is 5.32 Å². The van der Waals surface area contributed by atoms with Gasteiger partial charge < -0.3 is 15.5 Å². The molecule has 0 spiro atoms. The van der Waals surface area contributed by atoms with Gasteiger partial charge in [0, 0.05) is 17.8 Å². The molecule has 0 atom stereocenters. The van der Waals surface area contributed by atoms with Crippen molar-refractivity contribution < 1.29 is 19.8 Å². The maximum Gasteiger partial charge on any atom is 0.335 e. The smallest absolute Gasteiger partial charge is 0.335 e. The van der Waals surface area contributed by atoms with Crippen molar-refractivity contribution in [1.29, 1.82) is 0 Å². The van der Waals surface area contributed by atoms with Gasteiger partial charge in [0.05, 0.1) is 11.1 Å². The Morgan fingerprint density at radius 3 is 2.43 bits per heavy atom. The number of carboxylic acid groups (broad SMARTS) is 1. The number of nitrogens with one attached hydrogen (secondary N) is 2. The number of benzene rings is 1. The number of hydrogen-bond acceptors (Lipinski definition) is 4. The summed E-state index contributed by atoms with van der Waals surface area (Å²) in [4.78, 5) is 36.1. The molecule has 21 heavy (non-hydrogen) atoms. The first-order valence-electron chi connectivity index (χ1n) is 5.95. The number of amides is 1. The first-order valence-corrected chi connectivity index (χ1v) is 5.95. The Bertz CT molecular complexity index is 779. The van der Waals surface area contributed by atoms with Crippen molar-refractivity contribution in [2.45, 2.75) is 6.92 Å². The van der Waals surface area contributed by atoms with Crippen molar-refractivity contribution in [1.82, 2.24) is 4.98 Å². The molecule has 2 aromatic rings. The van der Waals surface area contributed by atoms with Gasteiger partial charge in [-0.05, 0) is 30.7 Å². The monoisotopic (exact) mass is 288 g/mol. The van der Waals surface area contributed by atoms with E-state index >= 15 is 0 Å². The first kappa shape index (κ1) is 14.3. The van der Waals surface area contributed by atoms with Crippen LogP contribution < -0.4 is 10.9 Å². The van der Waals surface area contributed by atoms with Gasteiger partial charge in [0.1, 0.15) is 0 Å². The van der Waals surface area contributed by atoms with E-state index in [4.69, 9.17) is 5.11 Å². The number of aryl methyl sites for hydroxylation is 1. The quantitative estimate of drug-likeness (QED) is 0.679. The van der Waals surface area contributed by atoms with Crippen molar-refractivity contribution in [3.8, 4) is 5.88 Å². The summed E-state index contributed by atoms with van der Waals surface area (Å²) < 4.78 is 0. The molecule has 0 unspecified atom stereocenters. The summed E-state index contributed by atoms with van der Waals surface area (Å²) in [6.45, 7) is 1.65. The van der Waals surface area contributed by atoms with E-state index in [9.17, 15) is 19.5 Å². The Kier molecular flexibility index (Phi) is 3.75. The maximum atomic E-state index is 12.0. The molecule has 0 aliphatic carbocycles. The number of aromatic hydroxyl groups is 1. The molecule has 0 aliphatic heterocycles. The molecule has 0 saturated heterocycles. The summed E-state index contributed by atoms with van der Waals surface area (Å²) in [6, 6.07) is 6.42. The molecule has 1 aromatic carbocycles. The highest BCUT2D eigenvalue weighted by atomic mass is 16.4. The Balaban J connectivity index is 2.27. The number of anilines is 1. The molecule has 7 nitrogen and oxygen atoms in total. The number of H-pyrrole nitrogens is 1. The second kappa shape index (κ2) is 5.49. The van der Waals surface area contributed by atoms with Gasteiger partial charge in [-0.1, -0.05) is 0 Å². The van der Waals surface area contributed by atoms with Gasteiger partial charge in [-0.15, -0.1) is 0 Å². The van der Waals surface area contributed by atoms with Gasteiger partial charge in [0.25, 0.3) is 11.5 Å². The van der Waals surface area contributed by atoms with Crippen LogP contribution in [0.5, 0.6) is 5.88 Å². The molecule has 4 N–H and O–H groups in total. The fourth-order valence-electron chi connectivity index (χ4n) is 1.79. The lowest BCUT2D eigenvalue weighted by molar-refractivity contribution is 0.0696. The number of hydrogen-bond donors (Lipinski definition) is 4. The lowest BCUT2D eigenvalue weighted by Crippen LogP contribution is -2.16. The van der Waals surface area contributed by atoms with Crippen molar-refractivity contribution in [3.05, 3.63) is 57.4 Å². The molecule has 1 heterocycles. The van der Waals surface area contributed by atoms with Crippen LogP contribution in [-0.2, 0) is 0 Å². The number of carbonyl (C=O) groups excluding carboxylic acids is 1. The van der Waals surface area contributed by atoms with Gasteiger partial charge in [-0.2, -0.15) is 0 Å². The van der Waals surface area contributed by atoms with Crippen molar-refractivity contribution in [2.24, 2.45) is 0 Å². The SMILES string of the molecule is Cc1cc(C(=O)O)ccc1NC(=O)c1cc(O)[nH]c(=O)c1. The summed E-state index contributed by atoms with van der Waals surface area (Å²) in [6.07, 6.45) is 0. The average Bonchev–Trinajstić information content (AvgIpc) is 2.39. The van der Waals surface area contributed by atoms with E-state index in [1.165, 1.54) is 18.2 Å². The highest BCUT2D eigenvalue weighted by Crippen LogP contribution is 2.18. The Labute approximate surface area is 118 Å². The molecule has 0 saturated carbocycles. The zero-order valence-corrected chi connectivity index (χ0v) is 11.0. The predicted molar refractivity (Wildman–Crippen MR) is 74.8 cm³/mol. The molecule has 0 fully saturated rings. The molecule has 1 amide bonds. The average molecular weight is 288 g/mol. The largest absolute Gasteiger partial charge is 0.494 e. The van der Waals surface area contributed by atoms with Crippen LogP contribution in [-0.4, -0.2) is 27.1 Å². The zero-order valence-electron chi connectivity index (χ0n) is 11.0. The first-order chi connectivity index (χ1) is 9.86. The topological polar surface area (TPSA) is 119 Å². The summed E-state index contributed by atoms with van der Waals surface area (Å²) in [5, 5.41) is 20.7. The van der Waals surface area contributed by atoms with Crippen molar-refractivity contribution >= 4 is 17.6 Å². The number of carbonyl (C=O) groups is 2. The van der Waals surface area contributed by atoms with Gasteiger partial charge in [0.2, 0.25) is 0 Å². The number of aromatic carboxylic acids is 1. The fourth-order valence-corrected chi connectivity index (χ4v) is 1.79. The van der Waals surface area contributed by atoms with Crippen molar-refractivity contribution in [3.63, 3.8) is 0 Å². The summed E-state index contributed by atoms with van der Waals surface area (Å²) in [5.74, 6) is -2.05. The van der Waals surface area contributed by atoms with Crippen LogP contribution in [0.3, 0.4) is 0 Å². The summed E-state index contributed by atoms with van der Waals surface area (Å²) >= 11 is 0. The highest BCUT2D eigenvalue weighted by Gasteiger charge is 2.11. The third kappa shape index (κ3) is 3.27. The minimum absolute atomic E-state index is 0.00189. The van der Waals surface area contributed by atoms with E-state index in [1.54, 1.807) is 6.92 Å². The molecule has 0 aliphatic rings. The third-order valence-corrected chi connectivity index (χ3v) is 2.81. The Hall–Kier alpha value is -3.09. The number of pyridine rings is 1. The number of aromatic nitrogens is 1. The summed E-state index contributed by atoms with van der Waals surface area (Å²) in [7, 11) is 0. The standard InChI is InChI=1S/C14H12N2O5/c1-7-4-8(14(20)21)2-3-10(7)15-13(19)9-5-11(17)16-12(18)6-9/h2-6H,1H3,(H,15,19)(H,20,21)(H2,16,17,18). The van der Waals surface area contributed by atoms with Gasteiger partial charge in [0.15, 0.2) is 5.88 Å². The Morgan fingerprint density at radius 2 is 1.86 bits per heavy atom. The van der Waals surface area contributed by atoms with Gasteiger partial charge >= 0.3 is 5.97 Å². The van der Waals surface area contributed by atoms with Crippen LogP contribution >= 0.6 is 0 Å². The lowest BCUT2D eigenvalue weighted by Gasteiger charge is -2.09. The molecule has 7 heteroatoms. The molecule has 108 valence electrons. The third-order valence-electron chi connectivity index (χ3n) is 2.81. The fraction of sp³-hybridized carbons (Fsp3) is 0.0714. The van der Waals surface area contributed by atoms with Crippen LogP contribution in [0.1, 0.15) is 26.3 Å². The van der Waals surface area contributed by atoms with Gasteiger partial charge in [-0.25, -0.2) is 4.79 Å². The van der Waals surface area contributed by atoms with Crippen LogP contribution in [0.4, 0.5) is 5.69 Å². The summed E-state index contributed by atoms with van der Waals surface area (Å²) in [5.41, 5.74) is 0.498. The van der Waals surface area contributed by atoms with E-state index in [2.05, 4.69) is 10.3 Å². The van der Waals surface area contributed by atoms with Crippen LogP contribution in [0.25, 0.3) is 0 Å². The minimum atomic E-state index is -1.06. The van der Waals surface area contributed by atoms with E-state index in [0.29, 0.717) is 11.3 Å². The molecule has 0 bridgehead atoms. The van der Waals surface area contributed by atoms with E-state index in [-0.39, 0.29) is 11.1 Å².